The molecule has 2 aromatic carbocycles. The van der Waals surface area contributed by atoms with Crippen molar-refractivity contribution in [3.63, 3.8) is 0 Å². The fourth-order valence-corrected chi connectivity index (χ4v) is 4.80. The molecule has 0 aliphatic carbocycles. The summed E-state index contributed by atoms with van der Waals surface area (Å²) in [5.74, 6) is -0.377. The first-order valence-corrected chi connectivity index (χ1v) is 10.9. The number of nitrogens with one attached hydrogen (secondary N) is 1. The summed E-state index contributed by atoms with van der Waals surface area (Å²) in [5.41, 5.74) is 2.83. The van der Waals surface area contributed by atoms with Gasteiger partial charge in [0.1, 0.15) is 5.82 Å². The van der Waals surface area contributed by atoms with Crippen LogP contribution in [0.2, 0.25) is 0 Å². The Kier molecular flexibility index (Phi) is 5.41. The van der Waals surface area contributed by atoms with Crippen LogP contribution in [0, 0.1) is 12.7 Å². The zero-order chi connectivity index (χ0) is 22.4. The molecule has 0 spiro atoms. The van der Waals surface area contributed by atoms with Crippen molar-refractivity contribution >= 4 is 22.3 Å². The molecule has 1 N–H and O–H groups in total. The van der Waals surface area contributed by atoms with Crippen LogP contribution >= 0.6 is 0 Å². The molecule has 32 heavy (non-hydrogen) atoms. The smallest absolute Gasteiger partial charge is 0.266 e. The van der Waals surface area contributed by atoms with Gasteiger partial charge in [0.25, 0.3) is 6.43 Å². The summed E-state index contributed by atoms with van der Waals surface area (Å²) in [6.45, 7) is 6.11. The number of alkyl halides is 2. The average Bonchev–Trinajstić information content (AvgIpc) is 3.44. The zero-order valence-corrected chi connectivity index (χ0v) is 18.0. The van der Waals surface area contributed by atoms with Crippen molar-refractivity contribution in [2.45, 2.75) is 45.2 Å². The second-order valence-electron chi connectivity index (χ2n) is 8.54. The van der Waals surface area contributed by atoms with Gasteiger partial charge in [0, 0.05) is 35.2 Å². The topological polar surface area (TPSA) is 50.3 Å². The second-order valence-corrected chi connectivity index (χ2v) is 8.54. The Labute approximate surface area is 184 Å². The number of aryl methyl sites for hydroxylation is 1. The number of nitrogens with zero attached hydrogens (tertiary/aromatic N) is 3. The van der Waals surface area contributed by atoms with E-state index in [9.17, 15) is 13.2 Å². The van der Waals surface area contributed by atoms with Crippen LogP contribution in [0.15, 0.2) is 30.3 Å². The van der Waals surface area contributed by atoms with E-state index >= 15 is 0 Å². The second kappa shape index (κ2) is 8.24. The third-order valence-corrected chi connectivity index (χ3v) is 6.55. The predicted molar refractivity (Wildman–Crippen MR) is 118 cm³/mol. The van der Waals surface area contributed by atoms with Crippen molar-refractivity contribution in [3.8, 4) is 0 Å². The van der Waals surface area contributed by atoms with Gasteiger partial charge in [0.05, 0.1) is 29.9 Å². The van der Waals surface area contributed by atoms with Crippen LogP contribution in [0.25, 0.3) is 10.8 Å². The minimum absolute atomic E-state index is 0.171. The van der Waals surface area contributed by atoms with E-state index in [0.29, 0.717) is 11.9 Å². The maximum atomic E-state index is 14.7. The Morgan fingerprint density at radius 1 is 1.16 bits per heavy atom. The minimum Gasteiger partial charge on any atom is -0.379 e. The Balaban J connectivity index is 1.53. The van der Waals surface area contributed by atoms with E-state index in [2.05, 4.69) is 32.5 Å². The van der Waals surface area contributed by atoms with Crippen LogP contribution in [0.1, 0.15) is 48.2 Å². The molecular formula is C24H25F3N4O. The van der Waals surface area contributed by atoms with E-state index in [0.717, 1.165) is 55.1 Å². The Bertz CT molecular complexity index is 1160. The van der Waals surface area contributed by atoms with Crippen molar-refractivity contribution in [2.75, 3.05) is 30.0 Å². The molecule has 2 aliphatic rings. The van der Waals surface area contributed by atoms with Crippen LogP contribution in [0.4, 0.5) is 24.7 Å². The molecule has 0 bridgehead atoms. The van der Waals surface area contributed by atoms with Crippen molar-refractivity contribution in [1.82, 2.24) is 10.2 Å². The lowest BCUT2D eigenvalue weighted by molar-refractivity contribution is 0.146. The van der Waals surface area contributed by atoms with Crippen LogP contribution in [0.5, 0.6) is 0 Å². The first-order valence-electron chi connectivity index (χ1n) is 10.9. The third-order valence-electron chi connectivity index (χ3n) is 6.55. The molecule has 5 rings (SSSR count). The monoisotopic (exact) mass is 442 g/mol. The highest BCUT2D eigenvalue weighted by Gasteiger charge is 2.30. The van der Waals surface area contributed by atoms with Crippen LogP contribution in [-0.4, -0.2) is 36.0 Å². The minimum atomic E-state index is -2.87. The molecule has 1 aromatic heterocycles. The van der Waals surface area contributed by atoms with Gasteiger partial charge in [-0.1, -0.05) is 18.2 Å². The average molecular weight is 442 g/mol. The number of ether oxygens (including phenoxy) is 1. The Morgan fingerprint density at radius 3 is 2.72 bits per heavy atom. The molecule has 1 fully saturated rings. The summed E-state index contributed by atoms with van der Waals surface area (Å²) in [6, 6.07) is 8.17. The van der Waals surface area contributed by atoms with Crippen LogP contribution in [-0.2, 0) is 11.2 Å². The predicted octanol–water partition coefficient (Wildman–Crippen LogP) is 5.34. The third kappa shape index (κ3) is 3.56. The van der Waals surface area contributed by atoms with Gasteiger partial charge in [-0.2, -0.15) is 5.10 Å². The first kappa shape index (κ1) is 21.0. The van der Waals surface area contributed by atoms with Gasteiger partial charge in [0.2, 0.25) is 0 Å². The highest BCUT2D eigenvalue weighted by atomic mass is 19.3. The van der Waals surface area contributed by atoms with Crippen LogP contribution < -0.4 is 10.2 Å². The molecule has 168 valence electrons. The largest absolute Gasteiger partial charge is 0.379 e. The molecule has 2 aliphatic heterocycles. The number of anilines is 2. The lowest BCUT2D eigenvalue weighted by atomic mass is 10.0. The Hall–Kier alpha value is -2.87. The fraction of sp³-hybridized carbons (Fsp3) is 0.417. The summed E-state index contributed by atoms with van der Waals surface area (Å²) >= 11 is 0. The number of benzene rings is 2. The maximum Gasteiger partial charge on any atom is 0.266 e. The van der Waals surface area contributed by atoms with Crippen molar-refractivity contribution < 1.29 is 17.9 Å². The highest BCUT2D eigenvalue weighted by molar-refractivity contribution is 5.97. The molecule has 0 radical (unpaired) electrons. The number of aromatic nitrogens is 2. The molecule has 3 heterocycles. The van der Waals surface area contributed by atoms with Crippen molar-refractivity contribution in [1.29, 1.82) is 0 Å². The van der Waals surface area contributed by atoms with E-state index in [1.54, 1.807) is 6.92 Å². The van der Waals surface area contributed by atoms with Gasteiger partial charge in [0.15, 0.2) is 5.82 Å². The van der Waals surface area contributed by atoms with Gasteiger partial charge >= 0.3 is 0 Å². The van der Waals surface area contributed by atoms with Gasteiger partial charge in [-0.15, -0.1) is 5.10 Å². The number of rotatable bonds is 5. The SMILES string of the molecule is Cc1nnc(N[C@H](C)c2cccc(C(F)F)c2F)c2cc3c(cc12)CCN3C1CCOC1. The van der Waals surface area contributed by atoms with E-state index < -0.39 is 23.8 Å². The molecule has 0 amide bonds. The zero-order valence-electron chi connectivity index (χ0n) is 18.0. The number of hydrogen-bond acceptors (Lipinski definition) is 5. The molecule has 1 saturated heterocycles. The number of hydrogen-bond donors (Lipinski definition) is 1. The molecule has 2 atom stereocenters. The van der Waals surface area contributed by atoms with Gasteiger partial charge in [-0.25, -0.2) is 13.2 Å². The van der Waals surface area contributed by atoms with Gasteiger partial charge in [-0.05, 0) is 44.4 Å². The molecule has 1 unspecified atom stereocenters. The molecular weight excluding hydrogens is 417 g/mol. The van der Waals surface area contributed by atoms with Crippen molar-refractivity contribution in [3.05, 3.63) is 58.5 Å². The summed E-state index contributed by atoms with van der Waals surface area (Å²) in [5, 5.41) is 13.7. The first-order chi connectivity index (χ1) is 15.4. The summed E-state index contributed by atoms with van der Waals surface area (Å²) in [7, 11) is 0. The van der Waals surface area contributed by atoms with E-state index in [1.165, 1.54) is 23.4 Å². The lowest BCUT2D eigenvalue weighted by Crippen LogP contribution is -2.34. The van der Waals surface area contributed by atoms with E-state index in [-0.39, 0.29) is 5.56 Å². The van der Waals surface area contributed by atoms with Gasteiger partial charge < -0.3 is 15.0 Å². The molecule has 8 heteroatoms. The number of halogens is 3. The summed E-state index contributed by atoms with van der Waals surface area (Å²) in [6.07, 6.45) is -0.892. The highest BCUT2D eigenvalue weighted by Crippen LogP contribution is 2.38. The molecule has 3 aromatic rings. The lowest BCUT2D eigenvalue weighted by Gasteiger charge is -2.26. The quantitative estimate of drug-likeness (QED) is 0.578. The standard InChI is InChI=1S/C24H25F3N4O/c1-13(17-4-3-5-18(22(17)25)23(26)27)28-24-20-11-21-15(10-19(20)14(2)29-30-24)6-8-31(21)16-7-9-32-12-16/h3-5,10-11,13,16,23H,6-9,12H2,1-2H3,(H,28,30)/t13-,16?/m1/s1. The molecule has 5 nitrogen and oxygen atoms in total. The summed E-state index contributed by atoms with van der Waals surface area (Å²) in [4.78, 5) is 2.40. The Morgan fingerprint density at radius 2 is 1.97 bits per heavy atom. The normalized spacial score (nSPS) is 19.1. The maximum absolute atomic E-state index is 14.7. The number of fused-ring (bicyclic) bond motifs is 2. The van der Waals surface area contributed by atoms with E-state index in [1.807, 2.05) is 6.92 Å². The van der Waals surface area contributed by atoms with Gasteiger partial charge in [-0.3, -0.25) is 0 Å². The van der Waals surface area contributed by atoms with E-state index in [4.69, 9.17) is 4.74 Å². The molecule has 0 saturated carbocycles. The summed E-state index contributed by atoms with van der Waals surface area (Å²) < 4.78 is 46.6. The van der Waals surface area contributed by atoms with Crippen LogP contribution in [0.3, 0.4) is 0 Å². The fourth-order valence-electron chi connectivity index (χ4n) is 4.80. The van der Waals surface area contributed by atoms with Crippen molar-refractivity contribution in [2.24, 2.45) is 0 Å².